The van der Waals surface area contributed by atoms with Crippen molar-refractivity contribution in [2.24, 2.45) is 0 Å². The summed E-state index contributed by atoms with van der Waals surface area (Å²) in [5.41, 5.74) is 4.11. The van der Waals surface area contributed by atoms with Crippen molar-refractivity contribution in [2.45, 2.75) is 46.0 Å². The number of ketones is 1. The normalized spacial score (nSPS) is 17.8. The molecular weight excluding hydrogens is 569 g/mol. The van der Waals surface area contributed by atoms with Crippen LogP contribution in [0.15, 0.2) is 132 Å². The fourth-order valence-electron chi connectivity index (χ4n) is 7.11. The van der Waals surface area contributed by atoms with Gasteiger partial charge in [-0.15, -0.1) is 0 Å². The molecule has 6 rings (SSSR count). The van der Waals surface area contributed by atoms with E-state index >= 15 is 0 Å². The summed E-state index contributed by atoms with van der Waals surface area (Å²) in [6.45, 7) is 5.15. The molecule has 0 aliphatic carbocycles. The summed E-state index contributed by atoms with van der Waals surface area (Å²) >= 11 is 0. The maximum atomic E-state index is 14.7. The van der Waals surface area contributed by atoms with Crippen molar-refractivity contribution < 1.29 is 4.79 Å². The Kier molecular flexibility index (Phi) is 7.94. The summed E-state index contributed by atoms with van der Waals surface area (Å²) in [6, 6.07) is 44.8. The minimum absolute atomic E-state index is 0.250. The molecule has 0 N–H and O–H groups in total. The number of nitrogens with zero attached hydrogens (tertiary/aromatic N) is 3. The van der Waals surface area contributed by atoms with Crippen LogP contribution in [0.2, 0.25) is 0 Å². The van der Waals surface area contributed by atoms with E-state index in [1.165, 1.54) is 15.9 Å². The maximum absolute atomic E-state index is 14.7. The number of hydrogen-bond acceptors (Lipinski definition) is 3. The van der Waals surface area contributed by atoms with Gasteiger partial charge in [0.05, 0.1) is 0 Å². The van der Waals surface area contributed by atoms with Crippen LogP contribution in [0.5, 0.6) is 0 Å². The molecule has 226 valence electrons. The van der Waals surface area contributed by atoms with Crippen LogP contribution in [0.1, 0.15) is 55.4 Å². The van der Waals surface area contributed by atoms with E-state index in [2.05, 4.69) is 118 Å². The van der Waals surface area contributed by atoms with Crippen molar-refractivity contribution in [3.8, 4) is 11.8 Å². The van der Waals surface area contributed by atoms with Gasteiger partial charge in [0.1, 0.15) is 0 Å². The summed E-state index contributed by atoms with van der Waals surface area (Å²) < 4.78 is 1.73. The molecule has 5 aromatic rings. The van der Waals surface area contributed by atoms with Crippen LogP contribution in [-0.4, -0.2) is 27.9 Å². The fourth-order valence-corrected chi connectivity index (χ4v) is 14.2. The van der Waals surface area contributed by atoms with Crippen LogP contribution in [0.4, 0.5) is 0 Å². The van der Waals surface area contributed by atoms with Crippen LogP contribution < -0.4 is 15.9 Å². The van der Waals surface area contributed by atoms with Gasteiger partial charge in [0.15, 0.2) is 0 Å². The Morgan fingerprint density at radius 1 is 0.800 bits per heavy atom. The number of hydrogen-bond donors (Lipinski definition) is 0. The molecule has 1 saturated heterocycles. The number of Topliss-reactive ketones (excluding diaryl/α,β-unsaturated/α-hetero) is 1. The molecule has 1 fully saturated rings. The molecule has 1 aliphatic rings. The van der Waals surface area contributed by atoms with Crippen molar-refractivity contribution in [3.63, 3.8) is 0 Å². The summed E-state index contributed by atoms with van der Waals surface area (Å²) in [4.78, 5) is 14.7. The number of aryl methyl sites for hydroxylation is 1. The number of nitriles is 1. The zero-order valence-electron chi connectivity index (χ0n) is 26.6. The predicted octanol–water partition coefficient (Wildman–Crippen LogP) is 7.80. The zero-order valence-corrected chi connectivity index (χ0v) is 27.5. The van der Waals surface area contributed by atoms with Crippen molar-refractivity contribution in [1.29, 1.82) is 5.26 Å². The fraction of sp³-hybridized carbons (Fsp3) is 0.225. The van der Waals surface area contributed by atoms with Gasteiger partial charge in [-0.2, -0.15) is 0 Å². The molecule has 0 unspecified atom stereocenters. The van der Waals surface area contributed by atoms with Gasteiger partial charge in [-0.3, -0.25) is 0 Å². The van der Waals surface area contributed by atoms with Crippen molar-refractivity contribution in [2.75, 3.05) is 12.3 Å². The van der Waals surface area contributed by atoms with E-state index in [1.54, 1.807) is 4.68 Å². The molecule has 0 spiro atoms. The molecule has 2 heterocycles. The van der Waals surface area contributed by atoms with Crippen molar-refractivity contribution in [3.05, 3.63) is 149 Å². The van der Waals surface area contributed by atoms with Gasteiger partial charge in [0.2, 0.25) is 0 Å². The van der Waals surface area contributed by atoms with Gasteiger partial charge in [0.25, 0.3) is 0 Å². The Morgan fingerprint density at radius 3 is 1.78 bits per heavy atom. The van der Waals surface area contributed by atoms with Crippen molar-refractivity contribution in [1.82, 2.24) is 9.78 Å². The summed E-state index contributed by atoms with van der Waals surface area (Å²) in [6.07, 6.45) is 3.23. The van der Waals surface area contributed by atoms with Crippen LogP contribution >= 0.6 is 6.60 Å². The van der Waals surface area contributed by atoms with E-state index < -0.39 is 6.60 Å². The second-order valence-electron chi connectivity index (χ2n) is 13.3. The predicted molar refractivity (Wildman–Crippen MR) is 188 cm³/mol. The second kappa shape index (κ2) is 11.7. The molecular formula is C40H40N3OP. The number of benzene rings is 4. The van der Waals surface area contributed by atoms with Gasteiger partial charge >= 0.3 is 268 Å². The van der Waals surface area contributed by atoms with E-state index in [0.717, 1.165) is 35.1 Å². The number of aromatic nitrogens is 2. The molecule has 4 nitrogen and oxygen atoms in total. The number of carbonyl (C=O) groups is 1. The second-order valence-corrected chi connectivity index (χ2v) is 18.7. The van der Waals surface area contributed by atoms with E-state index in [1.807, 2.05) is 37.3 Å². The molecule has 0 bridgehead atoms. The summed E-state index contributed by atoms with van der Waals surface area (Å²) in [5.74, 6) is -0.260. The van der Waals surface area contributed by atoms with E-state index in [9.17, 15) is 10.1 Å². The van der Waals surface area contributed by atoms with Gasteiger partial charge in [-0.1, -0.05) is 0 Å². The first-order valence-electron chi connectivity index (χ1n) is 15.7. The molecule has 45 heavy (non-hydrogen) atoms. The van der Waals surface area contributed by atoms with E-state index in [0.29, 0.717) is 18.3 Å². The molecule has 0 atom stereocenters. The molecule has 5 heteroatoms. The third-order valence-electron chi connectivity index (χ3n) is 9.49. The molecule has 0 amide bonds. The minimum atomic E-state index is -3.17. The first-order valence-corrected chi connectivity index (χ1v) is 18.3. The van der Waals surface area contributed by atoms with Crippen LogP contribution in [0.25, 0.3) is 5.69 Å². The van der Waals surface area contributed by atoms with Crippen LogP contribution in [0.3, 0.4) is 0 Å². The Bertz CT molecular complexity index is 1810. The molecule has 1 aliphatic heterocycles. The standard InChI is InChI=1S/C40H40N3OP/c1-30-22-24-32(25-23-30)43-37(27-38(42-43)40(2,3)4)39(44)36(28-41)31-15-14-26-45(29-31,33-16-8-5-9-17-33,34-18-10-6-11-19-34)35-20-12-7-13-21-35/h5-13,16-25,27H,14-15,26,29H2,1-4H3/b36-31+. The summed E-state index contributed by atoms with van der Waals surface area (Å²) in [5, 5.41) is 19.6. The monoisotopic (exact) mass is 609 g/mol. The third kappa shape index (κ3) is 5.16. The molecule has 1 aromatic heterocycles. The van der Waals surface area contributed by atoms with Crippen LogP contribution in [0, 0.1) is 18.3 Å². The average molecular weight is 610 g/mol. The topological polar surface area (TPSA) is 58.7 Å². The Morgan fingerprint density at radius 2 is 1.31 bits per heavy atom. The Labute approximate surface area is 267 Å². The van der Waals surface area contributed by atoms with Gasteiger partial charge in [-0.05, 0) is 0 Å². The average Bonchev–Trinajstić information content (AvgIpc) is 3.53. The quantitative estimate of drug-likeness (QED) is 0.0854. The van der Waals surface area contributed by atoms with Gasteiger partial charge in [-0.25, -0.2) is 0 Å². The van der Waals surface area contributed by atoms with Crippen LogP contribution in [-0.2, 0) is 5.41 Å². The van der Waals surface area contributed by atoms with Gasteiger partial charge < -0.3 is 0 Å². The number of rotatable bonds is 6. The molecule has 4 aromatic carbocycles. The molecule has 0 radical (unpaired) electrons. The van der Waals surface area contributed by atoms with E-state index in [-0.39, 0.29) is 16.8 Å². The van der Waals surface area contributed by atoms with Crippen molar-refractivity contribution >= 4 is 28.3 Å². The number of carbonyl (C=O) groups excluding carboxylic acids is 1. The first-order chi connectivity index (χ1) is 21.7. The number of allylic oxidation sites excluding steroid dienone is 2. The Hall–Kier alpha value is -4.58. The first kappa shape index (κ1) is 30.4. The SMILES string of the molecule is Cc1ccc(-n2nc(C(C)(C)C)cc2C(=O)/C(C#N)=C2\CCCP(c3ccccc3)(c3ccccc3)(c3ccccc3)C2)cc1. The zero-order chi connectivity index (χ0) is 31.7. The van der Waals surface area contributed by atoms with Gasteiger partial charge in [0, 0.05) is 0 Å². The summed E-state index contributed by atoms with van der Waals surface area (Å²) in [7, 11) is 0. The molecule has 0 saturated carbocycles. The third-order valence-corrected chi connectivity index (χ3v) is 16.5. The van der Waals surface area contributed by atoms with E-state index in [4.69, 9.17) is 5.10 Å². The Balaban J connectivity index is 1.60.